The van der Waals surface area contributed by atoms with Crippen molar-refractivity contribution in [1.82, 2.24) is 15.3 Å². The molecule has 2 atom stereocenters. The van der Waals surface area contributed by atoms with Crippen molar-refractivity contribution in [1.29, 1.82) is 0 Å². The first-order valence-corrected chi connectivity index (χ1v) is 5.00. The standard InChI is InChI=1S/C10H17N3O/c1-10(2)7(5-8(10)14)13-6-9-11-3-4-12-9/h3-4,7-8,13-14H,5-6H2,1-2H3,(H,11,12). The molecular formula is C10H17N3O. The first-order valence-electron chi connectivity index (χ1n) is 5.00. The second-order valence-corrected chi connectivity index (χ2v) is 4.54. The Balaban J connectivity index is 1.83. The number of nitrogens with one attached hydrogen (secondary N) is 2. The summed E-state index contributed by atoms with van der Waals surface area (Å²) in [5, 5.41) is 12.9. The Labute approximate surface area is 83.8 Å². The maximum atomic E-state index is 9.54. The summed E-state index contributed by atoms with van der Waals surface area (Å²) in [5.41, 5.74) is -0.00735. The van der Waals surface area contributed by atoms with Gasteiger partial charge in [0.2, 0.25) is 0 Å². The normalized spacial score (nSPS) is 29.9. The molecule has 78 valence electrons. The maximum absolute atomic E-state index is 9.54. The van der Waals surface area contributed by atoms with E-state index in [0.717, 1.165) is 18.8 Å². The van der Waals surface area contributed by atoms with E-state index in [4.69, 9.17) is 0 Å². The van der Waals surface area contributed by atoms with Gasteiger partial charge < -0.3 is 15.4 Å². The maximum Gasteiger partial charge on any atom is 0.120 e. The van der Waals surface area contributed by atoms with Gasteiger partial charge in [-0.3, -0.25) is 0 Å². The molecule has 2 rings (SSSR count). The van der Waals surface area contributed by atoms with Crippen LogP contribution in [0.1, 0.15) is 26.1 Å². The topological polar surface area (TPSA) is 60.9 Å². The van der Waals surface area contributed by atoms with Crippen LogP contribution in [-0.4, -0.2) is 27.2 Å². The molecule has 4 nitrogen and oxygen atoms in total. The average molecular weight is 195 g/mol. The van der Waals surface area contributed by atoms with E-state index in [-0.39, 0.29) is 11.5 Å². The van der Waals surface area contributed by atoms with Crippen molar-refractivity contribution in [2.24, 2.45) is 5.41 Å². The van der Waals surface area contributed by atoms with Crippen molar-refractivity contribution in [3.05, 3.63) is 18.2 Å². The molecule has 2 unspecified atom stereocenters. The predicted octanol–water partition coefficient (Wildman–Crippen LogP) is 0.659. The van der Waals surface area contributed by atoms with Gasteiger partial charge in [-0.25, -0.2) is 4.98 Å². The van der Waals surface area contributed by atoms with Gasteiger partial charge in [-0.15, -0.1) is 0 Å². The molecule has 4 heteroatoms. The zero-order valence-electron chi connectivity index (χ0n) is 8.62. The highest BCUT2D eigenvalue weighted by Crippen LogP contribution is 2.40. The minimum Gasteiger partial charge on any atom is -0.392 e. The highest BCUT2D eigenvalue weighted by Gasteiger charge is 2.46. The highest BCUT2D eigenvalue weighted by atomic mass is 16.3. The SMILES string of the molecule is CC1(C)C(O)CC1NCc1ncc[nH]1. The molecule has 0 spiro atoms. The summed E-state index contributed by atoms with van der Waals surface area (Å²) in [6.07, 6.45) is 4.24. The number of hydrogen-bond acceptors (Lipinski definition) is 3. The van der Waals surface area contributed by atoms with Crippen LogP contribution in [0.3, 0.4) is 0 Å². The predicted molar refractivity (Wildman–Crippen MR) is 53.6 cm³/mol. The first-order chi connectivity index (χ1) is 6.60. The van der Waals surface area contributed by atoms with Gasteiger partial charge in [0.15, 0.2) is 0 Å². The summed E-state index contributed by atoms with van der Waals surface area (Å²) < 4.78 is 0. The lowest BCUT2D eigenvalue weighted by Crippen LogP contribution is -2.59. The molecule has 0 aromatic carbocycles. The average Bonchev–Trinajstić information content (AvgIpc) is 2.64. The van der Waals surface area contributed by atoms with Crippen molar-refractivity contribution >= 4 is 0 Å². The number of aliphatic hydroxyl groups excluding tert-OH is 1. The molecule has 0 radical (unpaired) electrons. The number of aliphatic hydroxyl groups is 1. The molecule has 1 saturated carbocycles. The van der Waals surface area contributed by atoms with Crippen LogP contribution >= 0.6 is 0 Å². The third-order valence-corrected chi connectivity index (χ3v) is 3.29. The van der Waals surface area contributed by atoms with Gasteiger partial charge in [0.25, 0.3) is 0 Å². The lowest BCUT2D eigenvalue weighted by Gasteiger charge is -2.49. The molecule has 1 aliphatic carbocycles. The van der Waals surface area contributed by atoms with Crippen LogP contribution in [0, 0.1) is 5.41 Å². The second-order valence-electron chi connectivity index (χ2n) is 4.54. The van der Waals surface area contributed by atoms with Gasteiger partial charge >= 0.3 is 0 Å². The minimum atomic E-state index is -0.170. The van der Waals surface area contributed by atoms with Gasteiger partial charge in [0.1, 0.15) is 5.82 Å². The molecule has 0 saturated heterocycles. The molecule has 0 bridgehead atoms. The van der Waals surface area contributed by atoms with Crippen LogP contribution in [-0.2, 0) is 6.54 Å². The monoisotopic (exact) mass is 195 g/mol. The molecule has 0 amide bonds. The lowest BCUT2D eigenvalue weighted by atomic mass is 9.64. The first kappa shape index (κ1) is 9.68. The summed E-state index contributed by atoms with van der Waals surface area (Å²) in [7, 11) is 0. The lowest BCUT2D eigenvalue weighted by molar-refractivity contribution is -0.0731. The Morgan fingerprint density at radius 3 is 3.00 bits per heavy atom. The highest BCUT2D eigenvalue weighted by molar-refractivity contribution is 5.02. The summed E-state index contributed by atoms with van der Waals surface area (Å²) >= 11 is 0. The molecular weight excluding hydrogens is 178 g/mol. The van der Waals surface area contributed by atoms with E-state index in [0.29, 0.717) is 6.04 Å². The minimum absolute atomic E-state index is 0.00735. The number of H-pyrrole nitrogens is 1. The summed E-state index contributed by atoms with van der Waals surface area (Å²) in [6, 6.07) is 0.391. The molecule has 1 aromatic heterocycles. The van der Waals surface area contributed by atoms with Crippen molar-refractivity contribution in [2.45, 2.75) is 39.0 Å². The van der Waals surface area contributed by atoms with Crippen LogP contribution in [0.5, 0.6) is 0 Å². The smallest absolute Gasteiger partial charge is 0.120 e. The fraction of sp³-hybridized carbons (Fsp3) is 0.700. The van der Waals surface area contributed by atoms with Crippen LogP contribution in [0.4, 0.5) is 0 Å². The molecule has 1 heterocycles. The third kappa shape index (κ3) is 1.55. The van der Waals surface area contributed by atoms with Gasteiger partial charge in [-0.2, -0.15) is 0 Å². The Hall–Kier alpha value is -0.870. The number of imidazole rings is 1. The summed E-state index contributed by atoms with van der Waals surface area (Å²) in [4.78, 5) is 7.18. The Morgan fingerprint density at radius 2 is 2.50 bits per heavy atom. The Morgan fingerprint density at radius 1 is 1.71 bits per heavy atom. The van der Waals surface area contributed by atoms with Gasteiger partial charge in [-0.1, -0.05) is 13.8 Å². The number of hydrogen-bond donors (Lipinski definition) is 3. The van der Waals surface area contributed by atoms with E-state index in [1.54, 1.807) is 6.20 Å². The van der Waals surface area contributed by atoms with Gasteiger partial charge in [-0.05, 0) is 6.42 Å². The summed E-state index contributed by atoms with van der Waals surface area (Å²) in [6.45, 7) is 4.91. The molecule has 1 fully saturated rings. The van der Waals surface area contributed by atoms with Crippen molar-refractivity contribution in [3.63, 3.8) is 0 Å². The van der Waals surface area contributed by atoms with Crippen molar-refractivity contribution in [3.8, 4) is 0 Å². The number of aromatic amines is 1. The molecule has 14 heavy (non-hydrogen) atoms. The van der Waals surface area contributed by atoms with Crippen LogP contribution in [0.2, 0.25) is 0 Å². The Kier molecular flexibility index (Phi) is 2.33. The summed E-state index contributed by atoms with van der Waals surface area (Å²) in [5.74, 6) is 0.946. The van der Waals surface area contributed by atoms with E-state index < -0.39 is 0 Å². The van der Waals surface area contributed by atoms with Crippen molar-refractivity contribution < 1.29 is 5.11 Å². The Bertz CT molecular complexity index is 294. The molecule has 3 N–H and O–H groups in total. The molecule has 1 aromatic rings. The van der Waals surface area contributed by atoms with E-state index in [1.165, 1.54) is 0 Å². The van der Waals surface area contributed by atoms with Crippen LogP contribution in [0.15, 0.2) is 12.4 Å². The zero-order chi connectivity index (χ0) is 10.2. The van der Waals surface area contributed by atoms with Gasteiger partial charge in [0.05, 0.1) is 12.6 Å². The largest absolute Gasteiger partial charge is 0.392 e. The van der Waals surface area contributed by atoms with E-state index in [9.17, 15) is 5.11 Å². The zero-order valence-corrected chi connectivity index (χ0v) is 8.62. The van der Waals surface area contributed by atoms with Crippen molar-refractivity contribution in [2.75, 3.05) is 0 Å². The number of aromatic nitrogens is 2. The van der Waals surface area contributed by atoms with E-state index in [1.807, 2.05) is 6.20 Å². The third-order valence-electron chi connectivity index (χ3n) is 3.29. The fourth-order valence-corrected chi connectivity index (χ4v) is 1.86. The van der Waals surface area contributed by atoms with E-state index >= 15 is 0 Å². The van der Waals surface area contributed by atoms with E-state index in [2.05, 4.69) is 29.1 Å². The second kappa shape index (κ2) is 3.37. The van der Waals surface area contributed by atoms with Crippen LogP contribution in [0.25, 0.3) is 0 Å². The quantitative estimate of drug-likeness (QED) is 0.664. The molecule has 0 aliphatic heterocycles. The number of nitrogens with zero attached hydrogens (tertiary/aromatic N) is 1. The number of rotatable bonds is 3. The van der Waals surface area contributed by atoms with Gasteiger partial charge in [0, 0.05) is 23.9 Å². The fourth-order valence-electron chi connectivity index (χ4n) is 1.86. The van der Waals surface area contributed by atoms with Crippen LogP contribution < -0.4 is 5.32 Å². The molecule has 1 aliphatic rings.